The number of rotatable bonds is 4. The summed E-state index contributed by atoms with van der Waals surface area (Å²) in [6, 6.07) is 27.3. The Morgan fingerprint density at radius 1 is 0.706 bits per heavy atom. The van der Waals surface area contributed by atoms with Gasteiger partial charge in [-0.15, -0.1) is 0 Å². The molecule has 0 aliphatic heterocycles. The van der Waals surface area contributed by atoms with Crippen LogP contribution in [0.3, 0.4) is 0 Å². The molecule has 5 aromatic rings. The summed E-state index contributed by atoms with van der Waals surface area (Å²) in [6.07, 6.45) is 5.20. The van der Waals surface area contributed by atoms with Gasteiger partial charge in [0.25, 0.3) is 0 Å². The van der Waals surface area contributed by atoms with Crippen molar-refractivity contribution in [3.63, 3.8) is 0 Å². The molecule has 0 saturated heterocycles. The first-order chi connectivity index (χ1) is 16.7. The second kappa shape index (κ2) is 8.34. The van der Waals surface area contributed by atoms with Gasteiger partial charge in [-0.1, -0.05) is 0 Å². The van der Waals surface area contributed by atoms with Crippen LogP contribution in [0.4, 0.5) is 16.2 Å². The molecule has 6 rings (SSSR count). The van der Waals surface area contributed by atoms with Gasteiger partial charge in [-0.2, -0.15) is 0 Å². The number of ketones is 2. The van der Waals surface area contributed by atoms with Gasteiger partial charge in [0, 0.05) is 0 Å². The Labute approximate surface area is 201 Å². The molecule has 0 unspecified atom stereocenters. The van der Waals surface area contributed by atoms with E-state index in [9.17, 15) is 9.59 Å². The fourth-order valence-electron chi connectivity index (χ4n) is 4.15. The summed E-state index contributed by atoms with van der Waals surface area (Å²) in [5, 5.41) is 2.29. The van der Waals surface area contributed by atoms with Crippen molar-refractivity contribution in [2.75, 3.05) is 4.90 Å². The summed E-state index contributed by atoms with van der Waals surface area (Å²) in [5.74, 6) is 0.167. The van der Waals surface area contributed by atoms with Crippen LogP contribution >= 0.6 is 0 Å². The summed E-state index contributed by atoms with van der Waals surface area (Å²) in [4.78, 5) is 36.7. The molecule has 1 aliphatic carbocycles. The first kappa shape index (κ1) is 20.5. The monoisotopic (exact) mass is 507 g/mol. The molecule has 0 radical (unpaired) electrons. The summed E-state index contributed by atoms with van der Waals surface area (Å²) in [7, 11) is 0. The number of hydrogen-bond acceptors (Lipinski definition) is 5. The molecule has 6 heteroatoms. The molecule has 0 saturated carbocycles. The molecular weight excluding hydrogens is 489 g/mol. The fraction of sp³-hybridized carbons (Fsp3) is 0. The number of Topliss-reactive ketones (excluding diaryl/α,β-unsaturated/α-hetero) is 2. The standard InChI is InChI=1S/C28H17N3O2Se/c32-26-22-8-3-4-9-23(22)27(33)24(26)17-21-12-13-25(34-21)31(28-29-14-5-15-30-28)20-11-10-18-6-1-2-7-19(18)16-20/h1-17H. The minimum absolute atomic E-state index is 0.146. The molecule has 162 valence electrons. The van der Waals surface area contributed by atoms with Gasteiger partial charge in [-0.3, -0.25) is 0 Å². The van der Waals surface area contributed by atoms with E-state index in [1.165, 1.54) is 0 Å². The normalized spacial score (nSPS) is 12.8. The van der Waals surface area contributed by atoms with E-state index < -0.39 is 0 Å². The van der Waals surface area contributed by atoms with E-state index in [0.717, 1.165) is 25.5 Å². The van der Waals surface area contributed by atoms with Gasteiger partial charge in [-0.25, -0.2) is 0 Å². The molecule has 0 atom stereocenters. The second-order valence-electron chi connectivity index (χ2n) is 7.85. The van der Waals surface area contributed by atoms with Gasteiger partial charge in [0.1, 0.15) is 0 Å². The quantitative estimate of drug-likeness (QED) is 0.180. The number of anilines is 3. The van der Waals surface area contributed by atoms with Gasteiger partial charge in [0.15, 0.2) is 0 Å². The number of carbonyl (C=O) groups is 2. The van der Waals surface area contributed by atoms with Crippen LogP contribution in [0.15, 0.2) is 103 Å². The summed E-state index contributed by atoms with van der Waals surface area (Å²) < 4.78 is 1.98. The van der Waals surface area contributed by atoms with Gasteiger partial charge in [0.2, 0.25) is 0 Å². The predicted octanol–water partition coefficient (Wildman–Crippen LogP) is 5.62. The van der Waals surface area contributed by atoms with E-state index in [1.54, 1.807) is 48.8 Å². The van der Waals surface area contributed by atoms with Crippen LogP contribution in [0.25, 0.3) is 16.8 Å². The molecule has 2 heterocycles. The molecule has 2 aromatic heterocycles. The Morgan fingerprint density at radius 2 is 1.38 bits per heavy atom. The molecular formula is C28H17N3O2Se. The molecule has 34 heavy (non-hydrogen) atoms. The average Bonchev–Trinajstić information content (AvgIpc) is 3.44. The molecule has 0 bridgehead atoms. The molecule has 0 spiro atoms. The topological polar surface area (TPSA) is 63.2 Å². The third-order valence-corrected chi connectivity index (χ3v) is 7.90. The van der Waals surface area contributed by atoms with Gasteiger partial charge in [-0.05, 0) is 0 Å². The maximum atomic E-state index is 12.8. The van der Waals surface area contributed by atoms with Gasteiger partial charge >= 0.3 is 202 Å². The van der Waals surface area contributed by atoms with E-state index in [4.69, 9.17) is 0 Å². The van der Waals surface area contributed by atoms with Crippen molar-refractivity contribution in [1.29, 1.82) is 0 Å². The van der Waals surface area contributed by atoms with Crippen molar-refractivity contribution < 1.29 is 9.59 Å². The predicted molar refractivity (Wildman–Crippen MR) is 134 cm³/mol. The Morgan fingerprint density at radius 3 is 2.12 bits per heavy atom. The fourth-order valence-corrected chi connectivity index (χ4v) is 6.18. The summed E-state index contributed by atoms with van der Waals surface area (Å²) >= 11 is -0.146. The Hall–Kier alpha value is -4.12. The van der Waals surface area contributed by atoms with Crippen molar-refractivity contribution in [2.24, 2.45) is 0 Å². The molecule has 3 aromatic carbocycles. The van der Waals surface area contributed by atoms with Crippen molar-refractivity contribution in [2.45, 2.75) is 0 Å². The molecule has 5 nitrogen and oxygen atoms in total. The van der Waals surface area contributed by atoms with Gasteiger partial charge < -0.3 is 0 Å². The Kier molecular flexibility index (Phi) is 5.02. The van der Waals surface area contributed by atoms with E-state index in [0.29, 0.717) is 17.1 Å². The number of carbonyl (C=O) groups excluding carboxylic acids is 2. The van der Waals surface area contributed by atoms with Crippen LogP contribution in [0.2, 0.25) is 0 Å². The molecule has 0 N–H and O–H groups in total. The Bertz CT molecular complexity index is 1570. The van der Waals surface area contributed by atoms with E-state index >= 15 is 0 Å². The van der Waals surface area contributed by atoms with E-state index in [-0.39, 0.29) is 31.6 Å². The zero-order chi connectivity index (χ0) is 23.1. The number of aromatic nitrogens is 2. The van der Waals surface area contributed by atoms with Crippen LogP contribution in [0.5, 0.6) is 0 Å². The number of benzene rings is 3. The minimum atomic E-state index is -0.205. The maximum absolute atomic E-state index is 12.8. The third-order valence-electron chi connectivity index (χ3n) is 5.77. The van der Waals surface area contributed by atoms with Crippen LogP contribution in [-0.4, -0.2) is 36.0 Å². The zero-order valence-corrected chi connectivity index (χ0v) is 19.6. The summed E-state index contributed by atoms with van der Waals surface area (Å²) in [5.41, 5.74) is 2.15. The van der Waals surface area contributed by atoms with Crippen molar-refractivity contribution in [3.05, 3.63) is 118 Å². The van der Waals surface area contributed by atoms with Crippen molar-refractivity contribution in [1.82, 2.24) is 9.97 Å². The van der Waals surface area contributed by atoms with E-state index in [1.807, 2.05) is 29.2 Å². The number of nitrogens with zero attached hydrogens (tertiary/aromatic N) is 3. The SMILES string of the molecule is O=C1C(=Cc2ccc(N(c3ccc4ccccc4c3)c3ncccn3)[se]2)C(=O)c2ccccc21. The third kappa shape index (κ3) is 3.50. The Balaban J connectivity index is 1.42. The van der Waals surface area contributed by atoms with Crippen LogP contribution < -0.4 is 4.90 Å². The molecule has 0 fully saturated rings. The average molecular weight is 506 g/mol. The first-order valence-corrected chi connectivity index (χ1v) is 12.5. The first-order valence-electron chi connectivity index (χ1n) is 10.7. The van der Waals surface area contributed by atoms with E-state index in [2.05, 4.69) is 40.3 Å². The van der Waals surface area contributed by atoms with Crippen LogP contribution in [0.1, 0.15) is 25.2 Å². The van der Waals surface area contributed by atoms with Gasteiger partial charge in [0.05, 0.1) is 0 Å². The molecule has 0 amide bonds. The molecule has 1 aliphatic rings. The number of fused-ring (bicyclic) bond motifs is 2. The number of allylic oxidation sites excluding steroid dienone is 1. The zero-order valence-electron chi connectivity index (χ0n) is 17.9. The van der Waals surface area contributed by atoms with Crippen LogP contribution in [-0.2, 0) is 0 Å². The second-order valence-corrected chi connectivity index (χ2v) is 10.1. The van der Waals surface area contributed by atoms with Crippen LogP contribution in [0, 0.1) is 0 Å². The number of hydrogen-bond donors (Lipinski definition) is 0. The van der Waals surface area contributed by atoms with Crippen molar-refractivity contribution >= 4 is 59.1 Å². The van der Waals surface area contributed by atoms with Crippen molar-refractivity contribution in [3.8, 4) is 0 Å². The summed E-state index contributed by atoms with van der Waals surface area (Å²) in [6.45, 7) is 0.